The quantitative estimate of drug-likeness (QED) is 0.739. The Morgan fingerprint density at radius 3 is 2.28 bits per heavy atom. The summed E-state index contributed by atoms with van der Waals surface area (Å²) in [5, 5.41) is 14.5. The predicted molar refractivity (Wildman–Crippen MR) is 97.3 cm³/mol. The molecule has 0 fully saturated rings. The first-order chi connectivity index (χ1) is 12.1. The van der Waals surface area contributed by atoms with Gasteiger partial charge in [0, 0.05) is 11.1 Å². The lowest BCUT2D eigenvalue weighted by Crippen LogP contribution is -2.41. The minimum atomic E-state index is -0.697. The molecule has 1 unspecified atom stereocenters. The van der Waals surface area contributed by atoms with E-state index in [-0.39, 0.29) is 11.8 Å². The molecule has 7 heteroatoms. The van der Waals surface area contributed by atoms with Crippen molar-refractivity contribution >= 4 is 28.3 Å². The summed E-state index contributed by atoms with van der Waals surface area (Å²) < 4.78 is 0. The lowest BCUT2D eigenvalue weighted by Gasteiger charge is -2.12. The number of carbonyl (C=O) groups is 2. The van der Waals surface area contributed by atoms with Gasteiger partial charge in [0.15, 0.2) is 0 Å². The van der Waals surface area contributed by atoms with E-state index in [0.29, 0.717) is 10.7 Å². The first-order valence-corrected chi connectivity index (χ1v) is 8.51. The zero-order chi connectivity index (χ0) is 17.6. The van der Waals surface area contributed by atoms with Crippen LogP contribution < -0.4 is 10.6 Å². The average Bonchev–Trinajstić information content (AvgIpc) is 3.11. The molecule has 2 aromatic carbocycles. The van der Waals surface area contributed by atoms with Crippen molar-refractivity contribution in [2.75, 3.05) is 5.32 Å². The Balaban J connectivity index is 1.60. The molecule has 1 aromatic heterocycles. The van der Waals surface area contributed by atoms with Gasteiger partial charge in [0.05, 0.1) is 0 Å². The molecule has 126 valence electrons. The Morgan fingerprint density at radius 2 is 1.60 bits per heavy atom. The summed E-state index contributed by atoms with van der Waals surface area (Å²) in [6.07, 6.45) is 0. The highest BCUT2D eigenvalue weighted by molar-refractivity contribution is 7.18. The molecule has 0 aliphatic rings. The molecule has 0 bridgehead atoms. The van der Waals surface area contributed by atoms with Gasteiger partial charge in [-0.3, -0.25) is 14.9 Å². The second kappa shape index (κ2) is 7.67. The molecule has 0 spiro atoms. The van der Waals surface area contributed by atoms with Gasteiger partial charge in [0.2, 0.25) is 11.0 Å². The van der Waals surface area contributed by atoms with Crippen LogP contribution in [-0.2, 0) is 4.79 Å². The third-order valence-corrected chi connectivity index (χ3v) is 4.34. The molecule has 6 nitrogen and oxygen atoms in total. The molecule has 25 heavy (non-hydrogen) atoms. The number of benzene rings is 2. The Morgan fingerprint density at radius 1 is 0.960 bits per heavy atom. The van der Waals surface area contributed by atoms with Crippen LogP contribution in [0.1, 0.15) is 17.3 Å². The smallest absolute Gasteiger partial charge is 0.251 e. The lowest BCUT2D eigenvalue weighted by atomic mass is 10.2. The third-order valence-electron chi connectivity index (χ3n) is 3.45. The van der Waals surface area contributed by atoms with Crippen molar-refractivity contribution in [2.45, 2.75) is 13.0 Å². The minimum absolute atomic E-state index is 0.300. The second-order valence-corrected chi connectivity index (χ2v) is 6.31. The fraction of sp³-hybridized carbons (Fsp3) is 0.111. The van der Waals surface area contributed by atoms with E-state index in [4.69, 9.17) is 0 Å². The van der Waals surface area contributed by atoms with Gasteiger partial charge in [0.1, 0.15) is 11.0 Å². The van der Waals surface area contributed by atoms with Crippen molar-refractivity contribution in [3.05, 3.63) is 66.2 Å². The van der Waals surface area contributed by atoms with Crippen molar-refractivity contribution in [2.24, 2.45) is 0 Å². The van der Waals surface area contributed by atoms with Crippen LogP contribution in [0.25, 0.3) is 10.6 Å². The number of hydrogen-bond acceptors (Lipinski definition) is 5. The van der Waals surface area contributed by atoms with Crippen molar-refractivity contribution in [1.29, 1.82) is 0 Å². The van der Waals surface area contributed by atoms with Crippen molar-refractivity contribution < 1.29 is 9.59 Å². The number of rotatable bonds is 5. The van der Waals surface area contributed by atoms with Crippen LogP contribution in [0.3, 0.4) is 0 Å². The SMILES string of the molecule is CC(NC(=O)c1ccccc1)C(=O)Nc1nnc(-c2ccccc2)s1. The highest BCUT2D eigenvalue weighted by Crippen LogP contribution is 2.25. The zero-order valence-corrected chi connectivity index (χ0v) is 14.3. The molecule has 0 saturated carbocycles. The maximum atomic E-state index is 12.2. The van der Waals surface area contributed by atoms with Gasteiger partial charge in [-0.05, 0) is 19.1 Å². The largest absolute Gasteiger partial charge is 0.341 e. The lowest BCUT2D eigenvalue weighted by molar-refractivity contribution is -0.117. The molecule has 0 radical (unpaired) electrons. The predicted octanol–water partition coefficient (Wildman–Crippen LogP) is 2.96. The molecular weight excluding hydrogens is 336 g/mol. The van der Waals surface area contributed by atoms with E-state index in [1.54, 1.807) is 31.2 Å². The molecule has 2 amide bonds. The molecule has 1 atom stereocenters. The number of anilines is 1. The fourth-order valence-corrected chi connectivity index (χ4v) is 2.87. The number of aromatic nitrogens is 2. The van der Waals surface area contributed by atoms with Crippen LogP contribution in [0.4, 0.5) is 5.13 Å². The van der Waals surface area contributed by atoms with E-state index in [1.165, 1.54) is 11.3 Å². The highest BCUT2D eigenvalue weighted by atomic mass is 32.1. The molecule has 3 rings (SSSR count). The van der Waals surface area contributed by atoms with Gasteiger partial charge >= 0.3 is 0 Å². The number of nitrogens with one attached hydrogen (secondary N) is 2. The van der Waals surface area contributed by atoms with Crippen molar-refractivity contribution in [3.63, 3.8) is 0 Å². The van der Waals surface area contributed by atoms with Crippen LogP contribution in [0.15, 0.2) is 60.7 Å². The van der Waals surface area contributed by atoms with E-state index in [1.807, 2.05) is 36.4 Å². The number of amides is 2. The van der Waals surface area contributed by atoms with Gasteiger partial charge in [-0.1, -0.05) is 59.9 Å². The summed E-state index contributed by atoms with van der Waals surface area (Å²) >= 11 is 1.28. The van der Waals surface area contributed by atoms with Gasteiger partial charge in [0.25, 0.3) is 5.91 Å². The maximum Gasteiger partial charge on any atom is 0.251 e. The first kappa shape index (κ1) is 16.8. The number of carbonyl (C=O) groups excluding carboxylic acids is 2. The second-order valence-electron chi connectivity index (χ2n) is 5.33. The van der Waals surface area contributed by atoms with Crippen LogP contribution >= 0.6 is 11.3 Å². The first-order valence-electron chi connectivity index (χ1n) is 7.69. The average molecular weight is 352 g/mol. The van der Waals surface area contributed by atoms with Crippen LogP contribution in [0, 0.1) is 0 Å². The Labute approximate surface area is 148 Å². The number of nitrogens with zero attached hydrogens (tertiary/aromatic N) is 2. The molecule has 0 aliphatic heterocycles. The summed E-state index contributed by atoms with van der Waals surface area (Å²) in [5.74, 6) is -0.648. The van der Waals surface area contributed by atoms with E-state index in [2.05, 4.69) is 20.8 Å². The van der Waals surface area contributed by atoms with Crippen LogP contribution in [-0.4, -0.2) is 28.1 Å². The summed E-state index contributed by atoms with van der Waals surface area (Å²) in [6.45, 7) is 1.62. The molecular formula is C18H16N4O2S. The fourth-order valence-electron chi connectivity index (χ4n) is 2.12. The Kier molecular flexibility index (Phi) is 5.15. The minimum Gasteiger partial charge on any atom is -0.341 e. The van der Waals surface area contributed by atoms with Gasteiger partial charge in [-0.2, -0.15) is 0 Å². The maximum absolute atomic E-state index is 12.2. The van der Waals surface area contributed by atoms with E-state index < -0.39 is 6.04 Å². The van der Waals surface area contributed by atoms with Crippen LogP contribution in [0.5, 0.6) is 0 Å². The monoisotopic (exact) mass is 352 g/mol. The molecule has 3 aromatic rings. The molecule has 0 aliphatic carbocycles. The van der Waals surface area contributed by atoms with Crippen LogP contribution in [0.2, 0.25) is 0 Å². The molecule has 2 N–H and O–H groups in total. The summed E-state index contributed by atoms with van der Waals surface area (Å²) in [5.41, 5.74) is 1.44. The summed E-state index contributed by atoms with van der Waals surface area (Å²) in [6, 6.07) is 17.6. The normalized spacial score (nSPS) is 11.6. The summed E-state index contributed by atoms with van der Waals surface area (Å²) in [7, 11) is 0. The Bertz CT molecular complexity index is 865. The molecule has 0 saturated heterocycles. The number of hydrogen-bond donors (Lipinski definition) is 2. The topological polar surface area (TPSA) is 84.0 Å². The third kappa shape index (κ3) is 4.27. The van der Waals surface area contributed by atoms with E-state index in [0.717, 1.165) is 10.6 Å². The van der Waals surface area contributed by atoms with Gasteiger partial charge < -0.3 is 5.32 Å². The summed E-state index contributed by atoms with van der Waals surface area (Å²) in [4.78, 5) is 24.3. The standard InChI is InChI=1S/C18H16N4O2S/c1-12(19-16(24)13-8-4-2-5-9-13)15(23)20-18-22-21-17(25-18)14-10-6-3-7-11-14/h2-12H,1H3,(H,19,24)(H,20,22,23). The van der Waals surface area contributed by atoms with Crippen molar-refractivity contribution in [1.82, 2.24) is 15.5 Å². The van der Waals surface area contributed by atoms with Crippen molar-refractivity contribution in [3.8, 4) is 10.6 Å². The van der Waals surface area contributed by atoms with E-state index in [9.17, 15) is 9.59 Å². The highest BCUT2D eigenvalue weighted by Gasteiger charge is 2.18. The van der Waals surface area contributed by atoms with E-state index >= 15 is 0 Å². The van der Waals surface area contributed by atoms with Gasteiger partial charge in [-0.15, -0.1) is 10.2 Å². The van der Waals surface area contributed by atoms with Gasteiger partial charge in [-0.25, -0.2) is 0 Å². The zero-order valence-electron chi connectivity index (χ0n) is 13.5. The molecule has 1 heterocycles. The Hall–Kier alpha value is -3.06.